The number of allylic oxidation sites excluding steroid dienone is 1. The molecule has 5 rings (SSSR count). The molecule has 3 aromatic rings. The summed E-state index contributed by atoms with van der Waals surface area (Å²) in [5.74, 6) is 0.731. The Kier molecular flexibility index (Phi) is 10.3. The van der Waals surface area contributed by atoms with Gasteiger partial charge in [-0.05, 0) is 68.2 Å². The SMILES string of the molecule is CCCC1=C(C(=O)OCC)[C@H](c2cc(Cl)ccc2OC)n2c(s/c(=C\c3ccc(OCC(=O)N4CCCC4)c(OC)c3)c2=O)=N1. The van der Waals surface area contributed by atoms with Crippen molar-refractivity contribution in [1.29, 1.82) is 0 Å². The van der Waals surface area contributed by atoms with E-state index in [1.165, 1.54) is 30.1 Å². The highest BCUT2D eigenvalue weighted by Crippen LogP contribution is 2.38. The van der Waals surface area contributed by atoms with E-state index < -0.39 is 12.0 Å². The number of carbonyl (C=O) groups excluding carboxylic acids is 2. The van der Waals surface area contributed by atoms with Crippen LogP contribution in [0.15, 0.2) is 57.5 Å². The molecule has 1 atom stereocenters. The van der Waals surface area contributed by atoms with Crippen LogP contribution in [0.3, 0.4) is 0 Å². The largest absolute Gasteiger partial charge is 0.496 e. The topological polar surface area (TPSA) is 109 Å². The molecule has 12 heteroatoms. The van der Waals surface area contributed by atoms with E-state index in [-0.39, 0.29) is 30.3 Å². The number of benzene rings is 2. The summed E-state index contributed by atoms with van der Waals surface area (Å²) in [6.07, 6.45) is 5.00. The summed E-state index contributed by atoms with van der Waals surface area (Å²) in [6.45, 7) is 5.32. The molecule has 0 saturated carbocycles. The first-order valence-corrected chi connectivity index (χ1v) is 16.1. The van der Waals surface area contributed by atoms with Crippen LogP contribution < -0.4 is 29.1 Å². The van der Waals surface area contributed by atoms with E-state index in [4.69, 9.17) is 35.5 Å². The molecule has 0 spiro atoms. The molecule has 0 aliphatic carbocycles. The number of thiazole rings is 1. The van der Waals surface area contributed by atoms with Crippen molar-refractivity contribution in [2.75, 3.05) is 40.5 Å². The second kappa shape index (κ2) is 14.3. The average Bonchev–Trinajstić information content (AvgIpc) is 3.68. The summed E-state index contributed by atoms with van der Waals surface area (Å²) in [4.78, 5) is 47.1. The maximum absolute atomic E-state index is 14.1. The third kappa shape index (κ3) is 6.79. The van der Waals surface area contributed by atoms with E-state index in [1.54, 1.807) is 54.3 Å². The Morgan fingerprint density at radius 3 is 2.47 bits per heavy atom. The van der Waals surface area contributed by atoms with Crippen molar-refractivity contribution in [3.8, 4) is 17.2 Å². The van der Waals surface area contributed by atoms with Gasteiger partial charge in [-0.3, -0.25) is 14.2 Å². The Hall–Kier alpha value is -4.09. The highest BCUT2D eigenvalue weighted by atomic mass is 35.5. The number of carbonyl (C=O) groups is 2. The van der Waals surface area contributed by atoms with E-state index >= 15 is 0 Å². The molecule has 0 bridgehead atoms. The van der Waals surface area contributed by atoms with Crippen LogP contribution in [0.4, 0.5) is 0 Å². The standard InChI is InChI=1S/C33H36ClN3O7S/c1-5-9-23-29(32(40)43-6-2)30(22-18-21(34)11-13-24(22)41-3)37-31(39)27(45-33(37)35-23)17-20-10-12-25(26(16-20)42-4)44-19-28(38)36-14-7-8-15-36/h10-13,16-18,30H,5-9,14-15,19H2,1-4H3/b27-17-/t30-/m0/s1. The summed E-state index contributed by atoms with van der Waals surface area (Å²) in [5, 5.41) is 0.432. The lowest BCUT2D eigenvalue weighted by Crippen LogP contribution is -2.40. The van der Waals surface area contributed by atoms with Gasteiger partial charge in [0, 0.05) is 23.7 Å². The van der Waals surface area contributed by atoms with Crippen LogP contribution >= 0.6 is 22.9 Å². The molecule has 2 aliphatic rings. The van der Waals surface area contributed by atoms with Crippen LogP contribution in [0.5, 0.6) is 17.2 Å². The predicted molar refractivity (Wildman–Crippen MR) is 172 cm³/mol. The zero-order valence-corrected chi connectivity index (χ0v) is 27.3. The van der Waals surface area contributed by atoms with Crippen LogP contribution in [0.25, 0.3) is 6.08 Å². The zero-order valence-electron chi connectivity index (χ0n) is 25.8. The molecule has 2 aliphatic heterocycles. The maximum atomic E-state index is 14.1. The van der Waals surface area contributed by atoms with Crippen molar-refractivity contribution < 1.29 is 28.5 Å². The highest BCUT2D eigenvalue weighted by Gasteiger charge is 2.36. The molecule has 45 heavy (non-hydrogen) atoms. The van der Waals surface area contributed by atoms with Crippen molar-refractivity contribution in [2.24, 2.45) is 4.99 Å². The first-order valence-electron chi connectivity index (χ1n) is 14.9. The number of methoxy groups -OCH3 is 2. The number of ether oxygens (including phenoxy) is 4. The van der Waals surface area contributed by atoms with Gasteiger partial charge in [0.25, 0.3) is 11.5 Å². The Bertz CT molecular complexity index is 1810. The number of hydrogen-bond donors (Lipinski definition) is 0. The molecule has 1 amide bonds. The van der Waals surface area contributed by atoms with E-state index in [1.807, 2.05) is 6.92 Å². The predicted octanol–water partition coefficient (Wildman–Crippen LogP) is 4.25. The number of nitrogens with zero attached hydrogens (tertiary/aromatic N) is 3. The molecule has 10 nitrogen and oxygen atoms in total. The Balaban J connectivity index is 1.59. The van der Waals surface area contributed by atoms with Crippen molar-refractivity contribution in [2.45, 2.75) is 45.6 Å². The minimum atomic E-state index is -0.865. The smallest absolute Gasteiger partial charge is 0.338 e. The fourth-order valence-electron chi connectivity index (χ4n) is 5.58. The third-order valence-corrected chi connectivity index (χ3v) is 8.89. The van der Waals surface area contributed by atoms with Gasteiger partial charge in [0.15, 0.2) is 22.9 Å². The second-order valence-electron chi connectivity index (χ2n) is 10.6. The van der Waals surface area contributed by atoms with E-state index in [9.17, 15) is 14.4 Å². The van der Waals surface area contributed by atoms with Crippen molar-refractivity contribution in [3.63, 3.8) is 0 Å². The number of amides is 1. The van der Waals surface area contributed by atoms with E-state index in [0.717, 1.165) is 32.4 Å². The Labute approximate surface area is 270 Å². The van der Waals surface area contributed by atoms with Gasteiger partial charge in [-0.25, -0.2) is 9.79 Å². The molecular weight excluding hydrogens is 618 g/mol. The number of hydrogen-bond acceptors (Lipinski definition) is 9. The zero-order chi connectivity index (χ0) is 32.1. The van der Waals surface area contributed by atoms with Crippen molar-refractivity contribution in [3.05, 3.63) is 83.5 Å². The lowest BCUT2D eigenvalue weighted by atomic mass is 9.93. The summed E-state index contributed by atoms with van der Waals surface area (Å²) in [5.41, 5.74) is 1.74. The number of rotatable bonds is 11. The van der Waals surface area contributed by atoms with Crippen LogP contribution in [0, 0.1) is 0 Å². The molecule has 2 aromatic carbocycles. The van der Waals surface area contributed by atoms with Gasteiger partial charge in [-0.1, -0.05) is 42.3 Å². The Morgan fingerprint density at radius 1 is 1.04 bits per heavy atom. The fraction of sp³-hybridized carbons (Fsp3) is 0.394. The molecule has 1 saturated heterocycles. The molecular formula is C33H36ClN3O7S. The fourth-order valence-corrected chi connectivity index (χ4v) is 6.78. The summed E-state index contributed by atoms with van der Waals surface area (Å²) >= 11 is 7.65. The van der Waals surface area contributed by atoms with Crippen molar-refractivity contribution >= 4 is 40.9 Å². The summed E-state index contributed by atoms with van der Waals surface area (Å²) in [7, 11) is 3.05. The molecule has 0 N–H and O–H groups in total. The maximum Gasteiger partial charge on any atom is 0.338 e. The van der Waals surface area contributed by atoms with Gasteiger partial charge in [0.05, 0.1) is 36.6 Å². The second-order valence-corrected chi connectivity index (χ2v) is 12.0. The van der Waals surface area contributed by atoms with Gasteiger partial charge in [-0.2, -0.15) is 0 Å². The van der Waals surface area contributed by atoms with E-state index in [2.05, 4.69) is 0 Å². The van der Waals surface area contributed by atoms with Crippen LogP contribution in [-0.2, 0) is 14.3 Å². The summed E-state index contributed by atoms with van der Waals surface area (Å²) < 4.78 is 24.4. The van der Waals surface area contributed by atoms with Gasteiger partial charge >= 0.3 is 5.97 Å². The third-order valence-electron chi connectivity index (χ3n) is 7.67. The minimum Gasteiger partial charge on any atom is -0.496 e. The van der Waals surface area contributed by atoms with Gasteiger partial charge < -0.3 is 23.8 Å². The number of fused-ring (bicyclic) bond motifs is 1. The average molecular weight is 654 g/mol. The minimum absolute atomic E-state index is 0.0599. The monoisotopic (exact) mass is 653 g/mol. The molecule has 3 heterocycles. The molecule has 0 unspecified atom stereocenters. The van der Waals surface area contributed by atoms with Gasteiger partial charge in [0.1, 0.15) is 11.8 Å². The molecule has 1 fully saturated rings. The van der Waals surface area contributed by atoms with E-state index in [0.29, 0.717) is 54.8 Å². The lowest BCUT2D eigenvalue weighted by Gasteiger charge is -2.27. The molecule has 0 radical (unpaired) electrons. The van der Waals surface area contributed by atoms with Crippen LogP contribution in [0.2, 0.25) is 5.02 Å². The number of aromatic nitrogens is 1. The van der Waals surface area contributed by atoms with Gasteiger partial charge in [-0.15, -0.1) is 0 Å². The summed E-state index contributed by atoms with van der Waals surface area (Å²) in [6, 6.07) is 9.50. The molecule has 238 valence electrons. The van der Waals surface area contributed by atoms with Crippen LogP contribution in [-0.4, -0.2) is 61.9 Å². The highest BCUT2D eigenvalue weighted by molar-refractivity contribution is 7.07. The quantitative estimate of drug-likeness (QED) is 0.285. The number of esters is 1. The first kappa shape index (κ1) is 32.3. The Morgan fingerprint density at radius 2 is 1.78 bits per heavy atom. The molecule has 1 aromatic heterocycles. The normalized spacial score (nSPS) is 16.3. The first-order chi connectivity index (χ1) is 21.8. The number of halogens is 1. The number of likely N-dealkylation sites (tertiary alicyclic amines) is 1. The lowest BCUT2D eigenvalue weighted by molar-refractivity contribution is -0.139. The van der Waals surface area contributed by atoms with Crippen molar-refractivity contribution in [1.82, 2.24) is 9.47 Å². The van der Waals surface area contributed by atoms with Crippen LogP contribution in [0.1, 0.15) is 56.7 Å². The van der Waals surface area contributed by atoms with Gasteiger partial charge in [0.2, 0.25) is 0 Å².